The lowest BCUT2D eigenvalue weighted by Gasteiger charge is -2.05. The average Bonchev–Trinajstić information content (AvgIpc) is 3.47. The predicted octanol–water partition coefficient (Wildman–Crippen LogP) is 4.99. The Hall–Kier alpha value is -3.84. The number of hydrogen-bond donors (Lipinski definition) is 1. The van der Waals surface area contributed by atoms with Gasteiger partial charge in [0.25, 0.3) is 5.91 Å². The summed E-state index contributed by atoms with van der Waals surface area (Å²) in [6, 6.07) is 19.2. The van der Waals surface area contributed by atoms with Crippen LogP contribution in [0.25, 0.3) is 32.9 Å². The largest absolute Gasteiger partial charge is 0.356 e. The molecule has 3 aromatic heterocycles. The zero-order valence-electron chi connectivity index (χ0n) is 16.5. The van der Waals surface area contributed by atoms with Crippen molar-refractivity contribution in [3.05, 3.63) is 89.6 Å². The van der Waals surface area contributed by atoms with Gasteiger partial charge in [0, 0.05) is 35.4 Å². The van der Waals surface area contributed by atoms with Crippen LogP contribution < -0.4 is 5.32 Å². The average molecular weight is 427 g/mol. The Morgan fingerprint density at radius 1 is 1.03 bits per heavy atom. The minimum absolute atomic E-state index is 0.133. The number of nitrogens with one attached hydrogen (secondary N) is 1. The van der Waals surface area contributed by atoms with E-state index in [0.29, 0.717) is 23.4 Å². The quantitative estimate of drug-likeness (QED) is 0.414. The second-order valence-electron chi connectivity index (χ2n) is 7.01. The van der Waals surface area contributed by atoms with Crippen molar-refractivity contribution in [2.75, 3.05) is 6.54 Å². The number of nitrogens with zero attached hydrogens (tertiary/aromatic N) is 3. The maximum atomic E-state index is 12.6. The van der Waals surface area contributed by atoms with Gasteiger partial charge in [0.05, 0.1) is 5.39 Å². The van der Waals surface area contributed by atoms with Gasteiger partial charge in [-0.15, -0.1) is 11.3 Å². The molecule has 0 bridgehead atoms. The number of hydrogen-bond acceptors (Lipinski definition) is 6. The Morgan fingerprint density at radius 2 is 1.87 bits per heavy atom. The van der Waals surface area contributed by atoms with Crippen molar-refractivity contribution in [2.45, 2.75) is 6.42 Å². The van der Waals surface area contributed by atoms with E-state index in [1.807, 2.05) is 53.9 Å². The zero-order chi connectivity index (χ0) is 21.0. The first-order valence-electron chi connectivity index (χ1n) is 9.86. The lowest BCUT2D eigenvalue weighted by atomic mass is 10.1. The Kier molecular flexibility index (Phi) is 5.24. The van der Waals surface area contributed by atoms with Gasteiger partial charge in [0.2, 0.25) is 0 Å². The van der Waals surface area contributed by atoms with Gasteiger partial charge < -0.3 is 9.84 Å². The summed E-state index contributed by atoms with van der Waals surface area (Å²) in [5, 5.41) is 10.8. The third kappa shape index (κ3) is 4.08. The number of pyridine rings is 1. The molecule has 3 heterocycles. The van der Waals surface area contributed by atoms with Crippen LogP contribution in [0.3, 0.4) is 0 Å². The highest BCUT2D eigenvalue weighted by Crippen LogP contribution is 2.32. The number of carbonyl (C=O) groups excluding carboxylic acids is 1. The highest BCUT2D eigenvalue weighted by molar-refractivity contribution is 7.13. The van der Waals surface area contributed by atoms with E-state index in [1.54, 1.807) is 35.9 Å². The molecule has 0 spiro atoms. The number of benzene rings is 2. The SMILES string of the molecule is O=C(NCCc1ccncc1)c1ccc2onc(-c3csc(-c4ccccc4)n3)c2c1. The summed E-state index contributed by atoms with van der Waals surface area (Å²) in [5.41, 5.74) is 4.74. The van der Waals surface area contributed by atoms with Crippen molar-refractivity contribution in [2.24, 2.45) is 0 Å². The topological polar surface area (TPSA) is 80.9 Å². The molecule has 0 aliphatic heterocycles. The third-order valence-corrected chi connectivity index (χ3v) is 5.84. The van der Waals surface area contributed by atoms with Crippen molar-refractivity contribution in [3.63, 3.8) is 0 Å². The molecule has 1 amide bonds. The lowest BCUT2D eigenvalue weighted by Crippen LogP contribution is -2.25. The van der Waals surface area contributed by atoms with E-state index >= 15 is 0 Å². The molecule has 6 nitrogen and oxygen atoms in total. The first-order valence-corrected chi connectivity index (χ1v) is 10.7. The second-order valence-corrected chi connectivity index (χ2v) is 7.87. The number of amides is 1. The molecule has 5 aromatic rings. The fourth-order valence-corrected chi connectivity index (χ4v) is 4.14. The Bertz CT molecular complexity index is 1330. The molecule has 0 fully saturated rings. The van der Waals surface area contributed by atoms with Crippen LogP contribution in [0.2, 0.25) is 0 Å². The van der Waals surface area contributed by atoms with Crippen molar-refractivity contribution >= 4 is 28.2 Å². The summed E-state index contributed by atoms with van der Waals surface area (Å²) in [5.74, 6) is -0.133. The summed E-state index contributed by atoms with van der Waals surface area (Å²) < 4.78 is 5.47. The third-order valence-electron chi connectivity index (χ3n) is 4.95. The van der Waals surface area contributed by atoms with Crippen LogP contribution in [-0.4, -0.2) is 27.6 Å². The molecule has 0 aliphatic carbocycles. The van der Waals surface area contributed by atoms with E-state index in [9.17, 15) is 4.79 Å². The van der Waals surface area contributed by atoms with Crippen LogP contribution in [0.1, 0.15) is 15.9 Å². The zero-order valence-corrected chi connectivity index (χ0v) is 17.3. The van der Waals surface area contributed by atoms with Gasteiger partial charge in [-0.3, -0.25) is 9.78 Å². The highest BCUT2D eigenvalue weighted by Gasteiger charge is 2.16. The van der Waals surface area contributed by atoms with E-state index in [2.05, 4.69) is 15.5 Å². The highest BCUT2D eigenvalue weighted by atomic mass is 32.1. The minimum atomic E-state index is -0.133. The molecule has 31 heavy (non-hydrogen) atoms. The summed E-state index contributed by atoms with van der Waals surface area (Å²) in [6.07, 6.45) is 4.25. The molecule has 0 aliphatic rings. The van der Waals surface area contributed by atoms with Crippen LogP contribution in [-0.2, 0) is 6.42 Å². The second kappa shape index (κ2) is 8.49. The normalized spacial score (nSPS) is 11.0. The Balaban J connectivity index is 1.36. The molecule has 0 radical (unpaired) electrons. The van der Waals surface area contributed by atoms with Crippen LogP contribution in [0.15, 0.2) is 83.0 Å². The lowest BCUT2D eigenvalue weighted by molar-refractivity contribution is 0.0954. The van der Waals surface area contributed by atoms with Gasteiger partial charge >= 0.3 is 0 Å². The van der Waals surface area contributed by atoms with E-state index in [0.717, 1.165) is 33.6 Å². The number of fused-ring (bicyclic) bond motifs is 1. The number of carbonyl (C=O) groups is 1. The van der Waals surface area contributed by atoms with Gasteiger partial charge in [-0.25, -0.2) is 4.98 Å². The van der Waals surface area contributed by atoms with Crippen LogP contribution in [0.4, 0.5) is 0 Å². The van der Waals surface area contributed by atoms with E-state index in [4.69, 9.17) is 9.51 Å². The predicted molar refractivity (Wildman–Crippen MR) is 121 cm³/mol. The molecule has 152 valence electrons. The molecule has 0 atom stereocenters. The summed E-state index contributed by atoms with van der Waals surface area (Å²) in [4.78, 5) is 21.4. The minimum Gasteiger partial charge on any atom is -0.356 e. The maximum Gasteiger partial charge on any atom is 0.251 e. The summed E-state index contributed by atoms with van der Waals surface area (Å²) in [6.45, 7) is 0.546. The van der Waals surface area contributed by atoms with Crippen molar-refractivity contribution in [1.82, 2.24) is 20.4 Å². The summed E-state index contributed by atoms with van der Waals surface area (Å²) >= 11 is 1.55. The van der Waals surface area contributed by atoms with Gasteiger partial charge in [-0.2, -0.15) is 0 Å². The number of rotatable bonds is 6. The molecular weight excluding hydrogens is 408 g/mol. The van der Waals surface area contributed by atoms with Crippen LogP contribution in [0.5, 0.6) is 0 Å². The van der Waals surface area contributed by atoms with Gasteiger partial charge in [-0.05, 0) is 42.3 Å². The fourth-order valence-electron chi connectivity index (χ4n) is 3.33. The van der Waals surface area contributed by atoms with Crippen molar-refractivity contribution in [1.29, 1.82) is 0 Å². The first kappa shape index (κ1) is 19.1. The van der Waals surface area contributed by atoms with Gasteiger partial charge in [-0.1, -0.05) is 35.5 Å². The Labute approximate surface area is 182 Å². The van der Waals surface area contributed by atoms with Crippen molar-refractivity contribution in [3.8, 4) is 22.0 Å². The molecule has 0 saturated heterocycles. The van der Waals surface area contributed by atoms with Crippen molar-refractivity contribution < 1.29 is 9.32 Å². The van der Waals surface area contributed by atoms with Gasteiger partial charge in [0.15, 0.2) is 5.58 Å². The standard InChI is InChI=1S/C24H18N4O2S/c29-23(26-13-10-16-8-11-25-12-9-16)18-6-7-21-19(14-18)22(28-30-21)20-15-31-24(27-20)17-4-2-1-3-5-17/h1-9,11-12,14-15H,10,13H2,(H,26,29). The number of aromatic nitrogens is 3. The first-order chi connectivity index (χ1) is 15.3. The summed E-state index contributed by atoms with van der Waals surface area (Å²) in [7, 11) is 0. The molecule has 7 heteroatoms. The fraction of sp³-hybridized carbons (Fsp3) is 0.0833. The Morgan fingerprint density at radius 3 is 2.71 bits per heavy atom. The molecule has 2 aromatic carbocycles. The van der Waals surface area contributed by atoms with Crippen LogP contribution >= 0.6 is 11.3 Å². The molecule has 0 unspecified atom stereocenters. The van der Waals surface area contributed by atoms with E-state index < -0.39 is 0 Å². The molecular formula is C24H18N4O2S. The smallest absolute Gasteiger partial charge is 0.251 e. The monoisotopic (exact) mass is 426 g/mol. The number of thiazole rings is 1. The van der Waals surface area contributed by atoms with E-state index in [-0.39, 0.29) is 5.91 Å². The molecule has 5 rings (SSSR count). The maximum absolute atomic E-state index is 12.6. The van der Waals surface area contributed by atoms with Crippen LogP contribution in [0, 0.1) is 0 Å². The van der Waals surface area contributed by atoms with Gasteiger partial charge in [0.1, 0.15) is 16.4 Å². The molecule has 1 N–H and O–H groups in total. The molecule has 0 saturated carbocycles. The van der Waals surface area contributed by atoms with E-state index in [1.165, 1.54) is 0 Å².